The van der Waals surface area contributed by atoms with Crippen molar-refractivity contribution in [2.75, 3.05) is 25.4 Å². The van der Waals surface area contributed by atoms with E-state index < -0.39 is 0 Å². The van der Waals surface area contributed by atoms with E-state index in [2.05, 4.69) is 9.97 Å². The molecule has 3 aromatic rings. The monoisotopic (exact) mass is 421 g/mol. The van der Waals surface area contributed by atoms with Crippen LogP contribution in [-0.4, -0.2) is 51.2 Å². The van der Waals surface area contributed by atoms with Crippen LogP contribution in [0, 0.1) is 0 Å². The second-order valence-corrected chi connectivity index (χ2v) is 7.51. The van der Waals surface area contributed by atoms with Gasteiger partial charge in [0.05, 0.1) is 5.52 Å². The molecule has 2 amide bonds. The van der Waals surface area contributed by atoms with E-state index in [4.69, 9.17) is 17.3 Å². The Morgan fingerprint density at radius 2 is 1.93 bits per heavy atom. The fourth-order valence-electron chi connectivity index (χ4n) is 3.35. The molecule has 4 rings (SSSR count). The average molecular weight is 422 g/mol. The zero-order valence-corrected chi connectivity index (χ0v) is 16.9. The molecule has 152 valence electrons. The summed E-state index contributed by atoms with van der Waals surface area (Å²) in [6, 6.07) is 12.9. The van der Waals surface area contributed by atoms with Crippen LogP contribution in [0.5, 0.6) is 0 Å². The third-order valence-corrected chi connectivity index (χ3v) is 5.28. The van der Waals surface area contributed by atoms with E-state index in [1.165, 1.54) is 12.4 Å². The van der Waals surface area contributed by atoms with Gasteiger partial charge in [-0.1, -0.05) is 29.8 Å². The van der Waals surface area contributed by atoms with E-state index in [9.17, 15) is 9.59 Å². The third-order valence-electron chi connectivity index (χ3n) is 5.02. The fraction of sp³-hybridized carbons (Fsp3) is 0.182. The summed E-state index contributed by atoms with van der Waals surface area (Å²) in [4.78, 5) is 36.6. The molecule has 0 radical (unpaired) electrons. The average Bonchev–Trinajstić information content (AvgIpc) is 2.74. The highest BCUT2D eigenvalue weighted by molar-refractivity contribution is 6.30. The number of rotatable bonds is 4. The van der Waals surface area contributed by atoms with Gasteiger partial charge in [-0.25, -0.2) is 9.97 Å². The molecule has 7 nitrogen and oxygen atoms in total. The van der Waals surface area contributed by atoms with Gasteiger partial charge in [-0.3, -0.25) is 9.59 Å². The number of aromatic nitrogens is 2. The lowest BCUT2D eigenvalue weighted by Crippen LogP contribution is -2.51. The van der Waals surface area contributed by atoms with Gasteiger partial charge in [-0.2, -0.15) is 0 Å². The Balaban J connectivity index is 1.37. The predicted molar refractivity (Wildman–Crippen MR) is 116 cm³/mol. The number of nitrogens with zero attached hydrogens (tertiary/aromatic N) is 4. The zero-order valence-electron chi connectivity index (χ0n) is 16.2. The second-order valence-electron chi connectivity index (χ2n) is 7.07. The van der Waals surface area contributed by atoms with E-state index in [1.807, 2.05) is 30.3 Å². The summed E-state index contributed by atoms with van der Waals surface area (Å²) in [5.74, 6) is 0.161. The first-order chi connectivity index (χ1) is 14.5. The van der Waals surface area contributed by atoms with Crippen molar-refractivity contribution in [2.24, 2.45) is 0 Å². The zero-order chi connectivity index (χ0) is 21.1. The molecule has 8 heteroatoms. The van der Waals surface area contributed by atoms with Crippen LogP contribution in [0.3, 0.4) is 0 Å². The normalized spacial score (nSPS) is 14.6. The van der Waals surface area contributed by atoms with Crippen molar-refractivity contribution < 1.29 is 9.59 Å². The molecule has 1 saturated heterocycles. The van der Waals surface area contributed by atoms with Crippen LogP contribution < -0.4 is 5.73 Å². The highest BCUT2D eigenvalue weighted by Gasteiger charge is 2.26. The van der Waals surface area contributed by atoms with Gasteiger partial charge in [0.2, 0.25) is 11.8 Å². The van der Waals surface area contributed by atoms with Crippen molar-refractivity contribution >= 4 is 46.2 Å². The maximum Gasteiger partial charge on any atom is 0.247 e. The van der Waals surface area contributed by atoms with E-state index >= 15 is 0 Å². The van der Waals surface area contributed by atoms with Crippen LogP contribution in [0.25, 0.3) is 17.0 Å². The maximum absolute atomic E-state index is 12.6. The first kappa shape index (κ1) is 19.8. The lowest BCUT2D eigenvalue weighted by atomic mass is 10.1. The molecular weight excluding hydrogens is 402 g/mol. The van der Waals surface area contributed by atoms with E-state index in [0.717, 1.165) is 22.0 Å². The molecule has 2 aromatic carbocycles. The summed E-state index contributed by atoms with van der Waals surface area (Å²) < 4.78 is 0. The number of fused-ring (bicyclic) bond motifs is 1. The topological polar surface area (TPSA) is 92.4 Å². The summed E-state index contributed by atoms with van der Waals surface area (Å²) in [6.45, 7) is 1.48. The predicted octanol–water partition coefficient (Wildman–Crippen LogP) is 2.75. The van der Waals surface area contributed by atoms with E-state index in [-0.39, 0.29) is 18.4 Å². The number of anilines is 1. The lowest BCUT2D eigenvalue weighted by Gasteiger charge is -2.34. The largest absolute Gasteiger partial charge is 0.383 e. The molecule has 0 atom stereocenters. The number of carbonyl (C=O) groups excluding carboxylic acids is 2. The smallest absolute Gasteiger partial charge is 0.247 e. The van der Waals surface area contributed by atoms with Crippen molar-refractivity contribution in [3.8, 4) is 0 Å². The van der Waals surface area contributed by atoms with Crippen molar-refractivity contribution in [3.05, 3.63) is 71.0 Å². The van der Waals surface area contributed by atoms with Gasteiger partial charge in [-0.05, 0) is 41.5 Å². The molecule has 1 aromatic heterocycles. The van der Waals surface area contributed by atoms with Crippen molar-refractivity contribution in [1.29, 1.82) is 0 Å². The molecule has 0 spiro atoms. The minimum atomic E-state index is -0.184. The van der Waals surface area contributed by atoms with Gasteiger partial charge in [0.1, 0.15) is 18.7 Å². The molecule has 2 N–H and O–H groups in total. The van der Waals surface area contributed by atoms with Crippen LogP contribution in [0.4, 0.5) is 5.82 Å². The van der Waals surface area contributed by atoms with Crippen LogP contribution in [-0.2, 0) is 16.1 Å². The van der Waals surface area contributed by atoms with Gasteiger partial charge >= 0.3 is 0 Å². The number of piperazine rings is 1. The molecule has 0 saturated carbocycles. The quantitative estimate of drug-likeness (QED) is 0.654. The molecule has 0 unspecified atom stereocenters. The van der Waals surface area contributed by atoms with Crippen LogP contribution in [0.2, 0.25) is 5.02 Å². The number of nitrogen functional groups attached to an aromatic ring is 1. The minimum absolute atomic E-state index is 0.0620. The van der Waals surface area contributed by atoms with Gasteiger partial charge in [0, 0.05) is 36.1 Å². The van der Waals surface area contributed by atoms with Crippen molar-refractivity contribution in [2.45, 2.75) is 6.54 Å². The summed E-state index contributed by atoms with van der Waals surface area (Å²) in [6.07, 6.45) is 4.63. The molecule has 1 fully saturated rings. The molecule has 1 aliphatic rings. The van der Waals surface area contributed by atoms with Crippen LogP contribution >= 0.6 is 11.6 Å². The Morgan fingerprint density at radius 3 is 2.70 bits per heavy atom. The summed E-state index contributed by atoms with van der Waals surface area (Å²) >= 11 is 5.87. The molecular formula is C22H20ClN5O2. The Morgan fingerprint density at radius 1 is 1.13 bits per heavy atom. The highest BCUT2D eigenvalue weighted by atomic mass is 35.5. The number of halogens is 1. The Bertz CT molecular complexity index is 1130. The highest BCUT2D eigenvalue weighted by Crippen LogP contribution is 2.19. The Kier molecular flexibility index (Phi) is 5.63. The SMILES string of the molecule is Nc1ncnc2cc(CN3CCN(C(=O)/C=C/c4ccc(Cl)cc4)CC3=O)ccc12. The molecule has 30 heavy (non-hydrogen) atoms. The fourth-order valence-corrected chi connectivity index (χ4v) is 3.48. The number of benzene rings is 2. The Labute approximate surface area is 178 Å². The third kappa shape index (κ3) is 4.41. The second kappa shape index (κ2) is 8.51. The first-order valence-corrected chi connectivity index (χ1v) is 9.87. The van der Waals surface area contributed by atoms with Crippen LogP contribution in [0.15, 0.2) is 54.9 Å². The standard InChI is InChI=1S/C22H20ClN5O2/c23-17-5-1-15(2-6-17)4-8-20(29)28-10-9-27(21(30)13-28)12-16-3-7-18-19(11-16)25-14-26-22(18)24/h1-8,11,14H,9-10,12-13H2,(H2,24,25,26)/b8-4+. The van der Waals surface area contributed by atoms with Gasteiger partial charge in [0.15, 0.2) is 0 Å². The van der Waals surface area contributed by atoms with Crippen molar-refractivity contribution in [3.63, 3.8) is 0 Å². The summed E-state index contributed by atoms with van der Waals surface area (Å²) in [5.41, 5.74) is 8.43. The molecule has 1 aliphatic heterocycles. The van der Waals surface area contributed by atoms with Crippen molar-refractivity contribution in [1.82, 2.24) is 19.8 Å². The minimum Gasteiger partial charge on any atom is -0.383 e. The summed E-state index contributed by atoms with van der Waals surface area (Å²) in [7, 11) is 0. The number of hydrogen-bond donors (Lipinski definition) is 1. The molecule has 0 aliphatic carbocycles. The number of carbonyl (C=O) groups is 2. The number of amides is 2. The first-order valence-electron chi connectivity index (χ1n) is 9.49. The Hall–Kier alpha value is -3.45. The van der Waals surface area contributed by atoms with E-state index in [1.54, 1.807) is 28.0 Å². The number of nitrogens with two attached hydrogens (primary N) is 1. The van der Waals surface area contributed by atoms with Crippen LogP contribution in [0.1, 0.15) is 11.1 Å². The lowest BCUT2D eigenvalue weighted by molar-refractivity contribution is -0.143. The molecule has 0 bridgehead atoms. The van der Waals surface area contributed by atoms with Gasteiger partial charge in [0.25, 0.3) is 0 Å². The van der Waals surface area contributed by atoms with Gasteiger partial charge in [-0.15, -0.1) is 0 Å². The summed E-state index contributed by atoms with van der Waals surface area (Å²) in [5, 5.41) is 1.43. The number of hydrogen-bond acceptors (Lipinski definition) is 5. The maximum atomic E-state index is 12.6. The molecule has 2 heterocycles. The van der Waals surface area contributed by atoms with E-state index in [0.29, 0.717) is 30.5 Å². The van der Waals surface area contributed by atoms with Gasteiger partial charge < -0.3 is 15.5 Å².